The minimum Gasteiger partial charge on any atom is -0.458 e. The predicted octanol–water partition coefficient (Wildman–Crippen LogP) is 3.78. The van der Waals surface area contributed by atoms with Crippen molar-refractivity contribution in [2.24, 2.45) is 5.92 Å². The third-order valence-corrected chi connectivity index (χ3v) is 7.35. The molecule has 3 heterocycles. The van der Waals surface area contributed by atoms with Crippen molar-refractivity contribution in [3.8, 4) is 0 Å². The van der Waals surface area contributed by atoms with Crippen molar-refractivity contribution in [3.63, 3.8) is 0 Å². The molecule has 2 aliphatic heterocycles. The SMILES string of the molecule is CS(=O)(=O)N1CCC(/C=C/c2c(C(F)F)oc(CN3Cc4ccccc4C3)cc2=O)CC1. The van der Waals surface area contributed by atoms with Crippen molar-refractivity contribution in [2.45, 2.75) is 38.9 Å². The zero-order valence-electron chi connectivity index (χ0n) is 17.8. The van der Waals surface area contributed by atoms with Crippen molar-refractivity contribution in [2.75, 3.05) is 19.3 Å². The minimum atomic E-state index is -3.23. The van der Waals surface area contributed by atoms with Crippen LogP contribution in [0.15, 0.2) is 45.6 Å². The number of hydrogen-bond donors (Lipinski definition) is 0. The van der Waals surface area contributed by atoms with Crippen molar-refractivity contribution < 1.29 is 21.6 Å². The Morgan fingerprint density at radius 3 is 2.34 bits per heavy atom. The lowest BCUT2D eigenvalue weighted by molar-refractivity contribution is 0.113. The summed E-state index contributed by atoms with van der Waals surface area (Å²) in [4.78, 5) is 14.7. The number of halogens is 2. The number of hydrogen-bond acceptors (Lipinski definition) is 5. The molecule has 2 aliphatic rings. The number of piperidine rings is 1. The van der Waals surface area contributed by atoms with Crippen LogP contribution in [0.3, 0.4) is 0 Å². The summed E-state index contributed by atoms with van der Waals surface area (Å²) in [6.07, 6.45) is 2.54. The minimum absolute atomic E-state index is 0.0145. The number of alkyl halides is 2. The highest BCUT2D eigenvalue weighted by atomic mass is 32.2. The Kier molecular flexibility index (Phi) is 6.60. The Morgan fingerprint density at radius 1 is 1.16 bits per heavy atom. The summed E-state index contributed by atoms with van der Waals surface area (Å²) >= 11 is 0. The summed E-state index contributed by atoms with van der Waals surface area (Å²) < 4.78 is 57.6. The maximum Gasteiger partial charge on any atom is 0.296 e. The fourth-order valence-corrected chi connectivity index (χ4v) is 5.22. The number of fused-ring (bicyclic) bond motifs is 1. The number of sulfonamides is 1. The van der Waals surface area contributed by atoms with Gasteiger partial charge in [0.15, 0.2) is 11.2 Å². The molecule has 0 bridgehead atoms. The Balaban J connectivity index is 1.48. The molecule has 32 heavy (non-hydrogen) atoms. The van der Waals surface area contributed by atoms with E-state index in [1.54, 1.807) is 6.08 Å². The summed E-state index contributed by atoms with van der Waals surface area (Å²) in [6.45, 7) is 2.38. The molecule has 6 nitrogen and oxygen atoms in total. The lowest BCUT2D eigenvalue weighted by atomic mass is 9.96. The summed E-state index contributed by atoms with van der Waals surface area (Å²) in [5, 5.41) is 0. The second kappa shape index (κ2) is 9.25. The van der Waals surface area contributed by atoms with Crippen molar-refractivity contribution in [3.05, 3.63) is 74.8 Å². The van der Waals surface area contributed by atoms with Crippen LogP contribution in [-0.2, 0) is 29.7 Å². The Bertz CT molecular complexity index is 1140. The van der Waals surface area contributed by atoms with Gasteiger partial charge in [-0.2, -0.15) is 0 Å². The van der Waals surface area contributed by atoms with Crippen molar-refractivity contribution in [1.82, 2.24) is 9.21 Å². The van der Waals surface area contributed by atoms with Gasteiger partial charge in [0.05, 0.1) is 18.4 Å². The molecule has 1 aromatic carbocycles. The van der Waals surface area contributed by atoms with Gasteiger partial charge in [-0.05, 0) is 29.9 Å². The second-order valence-corrected chi connectivity index (χ2v) is 10.4. The number of allylic oxidation sites excluding steroid dienone is 1. The molecule has 0 amide bonds. The molecular formula is C23H26F2N2O4S. The van der Waals surface area contributed by atoms with Crippen LogP contribution in [-0.4, -0.2) is 37.0 Å². The van der Waals surface area contributed by atoms with Crippen molar-refractivity contribution >= 4 is 16.1 Å². The molecule has 0 saturated carbocycles. The van der Waals surface area contributed by atoms with Crippen LogP contribution in [0.5, 0.6) is 0 Å². The van der Waals surface area contributed by atoms with E-state index in [0.717, 1.165) is 0 Å². The van der Waals surface area contributed by atoms with Gasteiger partial charge in [-0.3, -0.25) is 9.69 Å². The lowest BCUT2D eigenvalue weighted by Gasteiger charge is -2.28. The maximum atomic E-state index is 13.7. The standard InChI is InChI=1S/C23H26F2N2O4S/c1-32(29,30)27-10-8-16(9-11-27)6-7-20-21(28)12-19(31-22(20)23(24)25)15-26-13-17-4-2-3-5-18(17)14-26/h2-7,12,16,23H,8-11,13-15H2,1H3/b7-6+. The summed E-state index contributed by atoms with van der Waals surface area (Å²) in [5.41, 5.74) is 1.73. The topological polar surface area (TPSA) is 70.8 Å². The van der Waals surface area contributed by atoms with E-state index in [1.807, 2.05) is 29.2 Å². The van der Waals surface area contributed by atoms with Crippen molar-refractivity contribution in [1.29, 1.82) is 0 Å². The van der Waals surface area contributed by atoms with Gasteiger partial charge in [0, 0.05) is 32.2 Å². The van der Waals surface area contributed by atoms with Crippen LogP contribution in [0.2, 0.25) is 0 Å². The Morgan fingerprint density at radius 2 is 1.78 bits per heavy atom. The van der Waals surface area contributed by atoms with E-state index in [9.17, 15) is 22.0 Å². The Labute approximate surface area is 186 Å². The van der Waals surface area contributed by atoms with Crippen LogP contribution in [0.25, 0.3) is 6.08 Å². The van der Waals surface area contributed by atoms with Gasteiger partial charge in [-0.1, -0.05) is 36.4 Å². The van der Waals surface area contributed by atoms with E-state index < -0.39 is 27.6 Å². The summed E-state index contributed by atoms with van der Waals surface area (Å²) in [6, 6.07) is 9.28. The zero-order valence-corrected chi connectivity index (χ0v) is 18.7. The monoisotopic (exact) mass is 464 g/mol. The average molecular weight is 465 g/mol. The van der Waals surface area contributed by atoms with Crippen LogP contribution < -0.4 is 5.43 Å². The first-order valence-corrected chi connectivity index (χ1v) is 12.4. The molecule has 1 saturated heterocycles. The molecule has 0 unspecified atom stereocenters. The molecule has 0 atom stereocenters. The molecule has 1 fully saturated rings. The normalized spacial score (nSPS) is 18.6. The predicted molar refractivity (Wildman–Crippen MR) is 118 cm³/mol. The quantitative estimate of drug-likeness (QED) is 0.651. The van der Waals surface area contributed by atoms with Crippen LogP contribution in [0, 0.1) is 5.92 Å². The molecule has 0 N–H and O–H groups in total. The number of nitrogens with zero attached hydrogens (tertiary/aromatic N) is 2. The lowest BCUT2D eigenvalue weighted by Crippen LogP contribution is -2.37. The highest BCUT2D eigenvalue weighted by Gasteiger charge is 2.25. The molecule has 9 heteroatoms. The van der Waals surface area contributed by atoms with Gasteiger partial charge < -0.3 is 4.42 Å². The van der Waals surface area contributed by atoms with E-state index in [4.69, 9.17) is 4.42 Å². The first kappa shape index (κ1) is 22.8. The molecule has 4 rings (SSSR count). The molecule has 1 aromatic heterocycles. The van der Waals surface area contributed by atoms with Crippen LogP contribution in [0.4, 0.5) is 8.78 Å². The van der Waals surface area contributed by atoms with Gasteiger partial charge >= 0.3 is 0 Å². The third-order valence-electron chi connectivity index (χ3n) is 6.05. The molecule has 0 spiro atoms. The molecule has 172 valence electrons. The zero-order chi connectivity index (χ0) is 22.9. The number of rotatable bonds is 6. The average Bonchev–Trinajstić information content (AvgIpc) is 3.14. The van der Waals surface area contributed by atoms with E-state index in [1.165, 1.54) is 33.8 Å². The van der Waals surface area contributed by atoms with E-state index in [0.29, 0.717) is 39.0 Å². The third kappa shape index (κ3) is 5.16. The smallest absolute Gasteiger partial charge is 0.296 e. The van der Waals surface area contributed by atoms with Crippen LogP contribution in [0.1, 0.15) is 47.5 Å². The fourth-order valence-electron chi connectivity index (χ4n) is 4.34. The van der Waals surface area contributed by atoms with Gasteiger partial charge in [-0.25, -0.2) is 21.5 Å². The molecule has 0 radical (unpaired) electrons. The molecule has 0 aliphatic carbocycles. The highest BCUT2D eigenvalue weighted by molar-refractivity contribution is 7.88. The molecular weight excluding hydrogens is 438 g/mol. The van der Waals surface area contributed by atoms with Gasteiger partial charge in [0.1, 0.15) is 5.76 Å². The first-order valence-electron chi connectivity index (χ1n) is 10.6. The van der Waals surface area contributed by atoms with E-state index in [-0.39, 0.29) is 23.8 Å². The number of benzene rings is 1. The first-order chi connectivity index (χ1) is 15.2. The summed E-state index contributed by atoms with van der Waals surface area (Å²) in [7, 11) is -3.23. The van der Waals surface area contributed by atoms with Gasteiger partial charge in [0.2, 0.25) is 10.0 Å². The van der Waals surface area contributed by atoms with E-state index in [2.05, 4.69) is 0 Å². The van der Waals surface area contributed by atoms with E-state index >= 15 is 0 Å². The summed E-state index contributed by atoms with van der Waals surface area (Å²) in [5.74, 6) is -0.383. The second-order valence-electron chi connectivity index (χ2n) is 8.43. The highest BCUT2D eigenvalue weighted by Crippen LogP contribution is 2.28. The maximum absolute atomic E-state index is 13.7. The van der Waals surface area contributed by atoms with Crippen LogP contribution >= 0.6 is 0 Å². The molecule has 2 aromatic rings. The van der Waals surface area contributed by atoms with Gasteiger partial charge in [-0.15, -0.1) is 0 Å². The van der Waals surface area contributed by atoms with Gasteiger partial charge in [0.25, 0.3) is 6.43 Å². The largest absolute Gasteiger partial charge is 0.458 e. The Hall–Kier alpha value is -2.36. The fraction of sp³-hybridized carbons (Fsp3) is 0.435.